The molecule has 82 valence electrons. The summed E-state index contributed by atoms with van der Waals surface area (Å²) in [6.45, 7) is 1.55. The summed E-state index contributed by atoms with van der Waals surface area (Å²) in [7, 11) is 0. The van der Waals surface area contributed by atoms with Crippen molar-refractivity contribution in [3.63, 3.8) is 0 Å². The maximum atomic E-state index is 11.2. The molecule has 0 aliphatic heterocycles. The zero-order valence-corrected chi connectivity index (χ0v) is 8.93. The highest BCUT2D eigenvalue weighted by molar-refractivity contribution is 5.75. The number of hydrogen-bond donors (Lipinski definition) is 2. The largest absolute Gasteiger partial charge is 0.356 e. The van der Waals surface area contributed by atoms with Gasteiger partial charge in [-0.2, -0.15) is 0 Å². The van der Waals surface area contributed by atoms with Crippen LogP contribution in [0.3, 0.4) is 0 Å². The molecule has 3 heteroatoms. The Morgan fingerprint density at radius 1 is 1.29 bits per heavy atom. The van der Waals surface area contributed by atoms with E-state index < -0.39 is 0 Å². The summed E-state index contributed by atoms with van der Waals surface area (Å²) in [4.78, 5) is 11.2. The molecule has 0 heterocycles. The van der Waals surface area contributed by atoms with Gasteiger partial charge in [-0.25, -0.2) is 0 Å². The third-order valence-electron chi connectivity index (χ3n) is 2.67. The van der Waals surface area contributed by atoms with Crippen LogP contribution in [0, 0.1) is 5.92 Å². The van der Waals surface area contributed by atoms with Gasteiger partial charge in [0, 0.05) is 13.0 Å². The summed E-state index contributed by atoms with van der Waals surface area (Å²) in [6, 6.07) is 0. The van der Waals surface area contributed by atoms with Crippen LogP contribution >= 0.6 is 0 Å². The van der Waals surface area contributed by atoms with E-state index in [4.69, 9.17) is 5.73 Å². The van der Waals surface area contributed by atoms with E-state index >= 15 is 0 Å². The van der Waals surface area contributed by atoms with Crippen molar-refractivity contribution in [2.45, 2.75) is 44.9 Å². The van der Waals surface area contributed by atoms with E-state index in [1.54, 1.807) is 0 Å². The van der Waals surface area contributed by atoms with Crippen molar-refractivity contribution in [3.05, 3.63) is 0 Å². The maximum Gasteiger partial charge on any atom is 0.219 e. The molecular weight excluding hydrogens is 176 g/mol. The summed E-state index contributed by atoms with van der Waals surface area (Å²) in [5.41, 5.74) is 5.34. The van der Waals surface area contributed by atoms with Crippen LogP contribution in [-0.2, 0) is 4.79 Å². The predicted molar refractivity (Wildman–Crippen MR) is 57.9 cm³/mol. The lowest BCUT2D eigenvalue weighted by atomic mass is 10.2. The SMILES string of the molecule is NCCCCC(=O)NCCCC1CC1. The second-order valence-electron chi connectivity index (χ2n) is 4.18. The van der Waals surface area contributed by atoms with Crippen LogP contribution in [0.4, 0.5) is 0 Å². The zero-order valence-electron chi connectivity index (χ0n) is 8.93. The third kappa shape index (κ3) is 5.97. The number of rotatable bonds is 8. The van der Waals surface area contributed by atoms with Crippen LogP contribution in [0.15, 0.2) is 0 Å². The highest BCUT2D eigenvalue weighted by Crippen LogP contribution is 2.33. The molecule has 1 rings (SSSR count). The first kappa shape index (κ1) is 11.5. The average molecular weight is 198 g/mol. The average Bonchev–Trinajstić information content (AvgIpc) is 2.97. The van der Waals surface area contributed by atoms with Crippen LogP contribution in [0.5, 0.6) is 0 Å². The molecule has 3 N–H and O–H groups in total. The molecule has 0 unspecified atom stereocenters. The van der Waals surface area contributed by atoms with Crippen molar-refractivity contribution >= 4 is 5.91 Å². The van der Waals surface area contributed by atoms with Crippen molar-refractivity contribution in [1.29, 1.82) is 0 Å². The molecule has 0 atom stereocenters. The number of amides is 1. The fraction of sp³-hybridized carbons (Fsp3) is 0.909. The Morgan fingerprint density at radius 3 is 2.71 bits per heavy atom. The van der Waals surface area contributed by atoms with E-state index in [1.807, 2.05) is 0 Å². The van der Waals surface area contributed by atoms with Gasteiger partial charge in [-0.15, -0.1) is 0 Å². The highest BCUT2D eigenvalue weighted by Gasteiger charge is 2.19. The minimum atomic E-state index is 0.189. The molecule has 0 radical (unpaired) electrons. The lowest BCUT2D eigenvalue weighted by Gasteiger charge is -2.04. The molecule has 0 aromatic rings. The van der Waals surface area contributed by atoms with Gasteiger partial charge >= 0.3 is 0 Å². The molecular formula is C11H22N2O. The molecule has 0 aromatic heterocycles. The number of carbonyl (C=O) groups is 1. The van der Waals surface area contributed by atoms with E-state index in [2.05, 4.69) is 5.32 Å². The molecule has 3 nitrogen and oxygen atoms in total. The summed E-state index contributed by atoms with van der Waals surface area (Å²) in [5.74, 6) is 1.17. The molecule has 1 fully saturated rings. The van der Waals surface area contributed by atoms with Gasteiger partial charge in [0.25, 0.3) is 0 Å². The van der Waals surface area contributed by atoms with Gasteiger partial charge in [-0.1, -0.05) is 12.8 Å². The smallest absolute Gasteiger partial charge is 0.219 e. The fourth-order valence-corrected chi connectivity index (χ4v) is 1.54. The number of hydrogen-bond acceptors (Lipinski definition) is 2. The molecule has 0 aromatic carbocycles. The van der Waals surface area contributed by atoms with E-state index in [0.29, 0.717) is 13.0 Å². The first-order chi connectivity index (χ1) is 6.83. The summed E-state index contributed by atoms with van der Waals surface area (Å²) >= 11 is 0. The summed E-state index contributed by atoms with van der Waals surface area (Å²) in [6.07, 6.45) is 7.77. The lowest BCUT2D eigenvalue weighted by molar-refractivity contribution is -0.121. The molecule has 0 spiro atoms. The number of nitrogens with one attached hydrogen (secondary N) is 1. The molecule has 1 amide bonds. The first-order valence-corrected chi connectivity index (χ1v) is 5.79. The maximum absolute atomic E-state index is 11.2. The number of nitrogens with two attached hydrogens (primary N) is 1. The number of carbonyl (C=O) groups excluding carboxylic acids is 1. The van der Waals surface area contributed by atoms with Crippen molar-refractivity contribution in [3.8, 4) is 0 Å². The van der Waals surface area contributed by atoms with Crippen LogP contribution in [0.25, 0.3) is 0 Å². The van der Waals surface area contributed by atoms with Gasteiger partial charge in [0.15, 0.2) is 0 Å². The van der Waals surface area contributed by atoms with Crippen molar-refractivity contribution in [2.24, 2.45) is 11.7 Å². The normalized spacial score (nSPS) is 15.5. The van der Waals surface area contributed by atoms with Gasteiger partial charge in [-0.3, -0.25) is 4.79 Å². The highest BCUT2D eigenvalue weighted by atomic mass is 16.1. The molecule has 1 aliphatic rings. The second kappa shape index (κ2) is 6.82. The van der Waals surface area contributed by atoms with E-state index in [-0.39, 0.29) is 5.91 Å². The summed E-state index contributed by atoms with van der Waals surface area (Å²) in [5, 5.41) is 2.94. The predicted octanol–water partition coefficient (Wildman–Crippen LogP) is 1.42. The monoisotopic (exact) mass is 198 g/mol. The van der Waals surface area contributed by atoms with Crippen molar-refractivity contribution in [1.82, 2.24) is 5.32 Å². The molecule has 1 saturated carbocycles. The summed E-state index contributed by atoms with van der Waals surface area (Å²) < 4.78 is 0. The van der Waals surface area contributed by atoms with Crippen LogP contribution < -0.4 is 11.1 Å². The van der Waals surface area contributed by atoms with Crippen molar-refractivity contribution in [2.75, 3.05) is 13.1 Å². The lowest BCUT2D eigenvalue weighted by Crippen LogP contribution is -2.24. The minimum absolute atomic E-state index is 0.189. The molecule has 14 heavy (non-hydrogen) atoms. The van der Waals surface area contributed by atoms with Gasteiger partial charge in [0.1, 0.15) is 0 Å². The minimum Gasteiger partial charge on any atom is -0.356 e. The molecule has 0 saturated heterocycles. The molecule has 0 bridgehead atoms. The Kier molecular flexibility index (Phi) is 5.60. The van der Waals surface area contributed by atoms with E-state index in [0.717, 1.165) is 31.7 Å². The standard InChI is InChI=1S/C11H22N2O/c12-8-2-1-5-11(14)13-9-3-4-10-6-7-10/h10H,1-9,12H2,(H,13,14). The Labute approximate surface area is 86.4 Å². The van der Waals surface area contributed by atoms with E-state index in [9.17, 15) is 4.79 Å². The van der Waals surface area contributed by atoms with Gasteiger partial charge < -0.3 is 11.1 Å². The fourth-order valence-electron chi connectivity index (χ4n) is 1.54. The van der Waals surface area contributed by atoms with Gasteiger partial charge in [-0.05, 0) is 38.1 Å². The topological polar surface area (TPSA) is 55.1 Å². The van der Waals surface area contributed by atoms with E-state index in [1.165, 1.54) is 19.3 Å². The zero-order chi connectivity index (χ0) is 10.2. The Morgan fingerprint density at radius 2 is 2.07 bits per heavy atom. The Balaban J connectivity index is 1.81. The van der Waals surface area contributed by atoms with Crippen molar-refractivity contribution < 1.29 is 4.79 Å². The quantitative estimate of drug-likeness (QED) is 0.580. The Bertz CT molecular complexity index is 167. The Hall–Kier alpha value is -0.570. The third-order valence-corrected chi connectivity index (χ3v) is 2.67. The van der Waals surface area contributed by atoms with Crippen LogP contribution in [0.2, 0.25) is 0 Å². The molecule has 1 aliphatic carbocycles. The van der Waals surface area contributed by atoms with Gasteiger partial charge in [0.05, 0.1) is 0 Å². The number of unbranched alkanes of at least 4 members (excludes halogenated alkanes) is 1. The van der Waals surface area contributed by atoms with Crippen LogP contribution in [0.1, 0.15) is 44.9 Å². The van der Waals surface area contributed by atoms with Gasteiger partial charge in [0.2, 0.25) is 5.91 Å². The second-order valence-corrected chi connectivity index (χ2v) is 4.18. The van der Waals surface area contributed by atoms with Crippen LogP contribution in [-0.4, -0.2) is 19.0 Å². The first-order valence-electron chi connectivity index (χ1n) is 5.79.